The summed E-state index contributed by atoms with van der Waals surface area (Å²) in [7, 11) is -4.07. The van der Waals surface area contributed by atoms with E-state index in [1.54, 1.807) is 4.90 Å². The smallest absolute Gasteiger partial charge is 0.257 e. The quantitative estimate of drug-likeness (QED) is 0.899. The van der Waals surface area contributed by atoms with E-state index in [0.29, 0.717) is 0 Å². The number of halogens is 2. The zero-order valence-electron chi connectivity index (χ0n) is 11.6. The fourth-order valence-electron chi connectivity index (χ4n) is 2.62. The van der Waals surface area contributed by atoms with Crippen LogP contribution in [0, 0.1) is 5.82 Å². The number of amides is 1. The van der Waals surface area contributed by atoms with Gasteiger partial charge in [0, 0.05) is 12.1 Å². The minimum Gasteiger partial charge on any atom is -0.333 e. The predicted octanol–water partition coefficient (Wildman–Crippen LogP) is 2.14. The van der Waals surface area contributed by atoms with Crippen LogP contribution >= 0.6 is 11.6 Å². The lowest BCUT2D eigenvalue weighted by Gasteiger charge is -2.26. The number of primary sulfonamides is 1. The van der Waals surface area contributed by atoms with E-state index in [0.717, 1.165) is 25.0 Å². The van der Waals surface area contributed by atoms with Gasteiger partial charge in [-0.05, 0) is 38.8 Å². The van der Waals surface area contributed by atoms with Crippen molar-refractivity contribution in [3.63, 3.8) is 0 Å². The van der Waals surface area contributed by atoms with E-state index in [1.165, 1.54) is 0 Å². The van der Waals surface area contributed by atoms with Gasteiger partial charge in [-0.2, -0.15) is 0 Å². The average Bonchev–Trinajstić information content (AvgIpc) is 2.70. The molecule has 1 fully saturated rings. The molecule has 116 valence electrons. The monoisotopic (exact) mass is 334 g/mol. The van der Waals surface area contributed by atoms with Gasteiger partial charge in [0.05, 0.1) is 15.5 Å². The second kappa shape index (κ2) is 5.55. The van der Waals surface area contributed by atoms with E-state index in [9.17, 15) is 17.6 Å². The summed E-state index contributed by atoms with van der Waals surface area (Å²) in [6.45, 7) is 3.73. The van der Waals surface area contributed by atoms with Gasteiger partial charge in [-0.3, -0.25) is 4.79 Å². The van der Waals surface area contributed by atoms with Gasteiger partial charge < -0.3 is 4.90 Å². The maximum absolute atomic E-state index is 14.1. The highest BCUT2D eigenvalue weighted by Crippen LogP contribution is 2.29. The number of rotatable bonds is 2. The first-order valence-electron chi connectivity index (χ1n) is 6.47. The normalized spacial score (nSPS) is 22.6. The Bertz CT molecular complexity index is 683. The molecule has 1 heterocycles. The molecule has 0 aromatic heterocycles. The third-order valence-electron chi connectivity index (χ3n) is 3.75. The van der Waals surface area contributed by atoms with E-state index < -0.39 is 26.8 Å². The van der Waals surface area contributed by atoms with Crippen molar-refractivity contribution in [2.45, 2.75) is 43.7 Å². The molecule has 0 saturated carbocycles. The van der Waals surface area contributed by atoms with Crippen LogP contribution < -0.4 is 5.14 Å². The van der Waals surface area contributed by atoms with Crippen LogP contribution in [-0.2, 0) is 10.0 Å². The number of carbonyl (C=O) groups excluding carboxylic acids is 1. The van der Waals surface area contributed by atoms with Crippen molar-refractivity contribution in [1.82, 2.24) is 4.90 Å². The molecular formula is C13H16ClFN2O3S. The Morgan fingerprint density at radius 1 is 1.33 bits per heavy atom. The molecule has 0 unspecified atom stereocenters. The Kier molecular flexibility index (Phi) is 4.28. The van der Waals surface area contributed by atoms with Crippen LogP contribution in [0.1, 0.15) is 37.0 Å². The minimum absolute atomic E-state index is 0.0381. The summed E-state index contributed by atoms with van der Waals surface area (Å²) < 4.78 is 36.9. The van der Waals surface area contributed by atoms with Gasteiger partial charge in [-0.1, -0.05) is 11.6 Å². The highest BCUT2D eigenvalue weighted by molar-refractivity contribution is 7.89. The van der Waals surface area contributed by atoms with Crippen LogP contribution in [0.25, 0.3) is 0 Å². The summed E-state index contributed by atoms with van der Waals surface area (Å²) in [5, 5.41) is 4.58. The molecule has 0 spiro atoms. The third-order valence-corrected chi connectivity index (χ3v) is 4.91. The van der Waals surface area contributed by atoms with Gasteiger partial charge in [-0.25, -0.2) is 17.9 Å². The second-order valence-electron chi connectivity index (χ2n) is 5.30. The average molecular weight is 335 g/mol. The zero-order valence-corrected chi connectivity index (χ0v) is 13.2. The molecule has 1 amide bonds. The van der Waals surface area contributed by atoms with Crippen LogP contribution in [0.4, 0.5) is 4.39 Å². The summed E-state index contributed by atoms with van der Waals surface area (Å²) in [5.74, 6) is -1.50. The molecule has 1 aromatic rings. The number of nitrogens with two attached hydrogens (primary N) is 1. The summed E-state index contributed by atoms with van der Waals surface area (Å²) in [5.41, 5.74) is -0.368. The van der Waals surface area contributed by atoms with Gasteiger partial charge in [0.1, 0.15) is 0 Å². The fraction of sp³-hybridized carbons (Fsp3) is 0.462. The van der Waals surface area contributed by atoms with Crippen LogP contribution in [0.5, 0.6) is 0 Å². The van der Waals surface area contributed by atoms with Crippen molar-refractivity contribution >= 4 is 27.5 Å². The molecule has 5 nitrogen and oxygen atoms in total. The van der Waals surface area contributed by atoms with Crippen LogP contribution in [-0.4, -0.2) is 31.3 Å². The molecule has 21 heavy (non-hydrogen) atoms. The largest absolute Gasteiger partial charge is 0.333 e. The lowest BCUT2D eigenvalue weighted by molar-refractivity contribution is 0.0687. The second-order valence-corrected chi connectivity index (χ2v) is 7.27. The van der Waals surface area contributed by atoms with Crippen molar-refractivity contribution in [3.8, 4) is 0 Å². The molecule has 8 heteroatoms. The first-order chi connectivity index (χ1) is 9.62. The molecule has 2 atom stereocenters. The van der Waals surface area contributed by atoms with Gasteiger partial charge in [0.2, 0.25) is 10.0 Å². The topological polar surface area (TPSA) is 80.5 Å². The standard InChI is InChI=1S/C13H16ClFN2O3S/c1-7-3-4-8(2)17(7)13(18)10-5-9(21(16,19)20)6-11(14)12(10)15/h5-8H,3-4H2,1-2H3,(H2,16,19,20)/t7-,8-/m0/s1. The Morgan fingerprint density at radius 3 is 2.33 bits per heavy atom. The van der Waals surface area contributed by atoms with Gasteiger partial charge in [0.25, 0.3) is 5.91 Å². The fourth-order valence-corrected chi connectivity index (χ4v) is 3.47. The number of benzene rings is 1. The van der Waals surface area contributed by atoms with Crippen molar-refractivity contribution in [2.75, 3.05) is 0 Å². The number of carbonyl (C=O) groups is 1. The van der Waals surface area contributed by atoms with Crippen molar-refractivity contribution in [1.29, 1.82) is 0 Å². The lowest BCUT2D eigenvalue weighted by atomic mass is 10.1. The Balaban J connectivity index is 2.53. The first-order valence-corrected chi connectivity index (χ1v) is 8.40. The highest BCUT2D eigenvalue weighted by atomic mass is 35.5. The molecular weight excluding hydrogens is 319 g/mol. The Labute approximate surface area is 127 Å². The van der Waals surface area contributed by atoms with E-state index in [1.807, 2.05) is 13.8 Å². The van der Waals surface area contributed by atoms with E-state index in [2.05, 4.69) is 0 Å². The van der Waals surface area contributed by atoms with E-state index >= 15 is 0 Å². The molecule has 0 radical (unpaired) electrons. The summed E-state index contributed by atoms with van der Waals surface area (Å²) >= 11 is 5.68. The van der Waals surface area contributed by atoms with Crippen LogP contribution in [0.15, 0.2) is 17.0 Å². The van der Waals surface area contributed by atoms with Crippen molar-refractivity contribution in [2.24, 2.45) is 5.14 Å². The molecule has 2 rings (SSSR count). The van der Waals surface area contributed by atoms with Crippen molar-refractivity contribution in [3.05, 3.63) is 28.5 Å². The lowest BCUT2D eigenvalue weighted by Crippen LogP contribution is -2.39. The van der Waals surface area contributed by atoms with Crippen molar-refractivity contribution < 1.29 is 17.6 Å². The summed E-state index contributed by atoms with van der Waals surface area (Å²) in [4.78, 5) is 13.7. The molecule has 0 bridgehead atoms. The maximum Gasteiger partial charge on any atom is 0.257 e. The number of hydrogen-bond acceptors (Lipinski definition) is 3. The molecule has 1 aliphatic heterocycles. The summed E-state index contributed by atoms with van der Waals surface area (Å²) in [6.07, 6.45) is 1.63. The van der Waals surface area contributed by atoms with Gasteiger partial charge >= 0.3 is 0 Å². The highest BCUT2D eigenvalue weighted by Gasteiger charge is 2.34. The maximum atomic E-state index is 14.1. The summed E-state index contributed by atoms with van der Waals surface area (Å²) in [6, 6.07) is 1.77. The van der Waals surface area contributed by atoms with Crippen LogP contribution in [0.2, 0.25) is 5.02 Å². The van der Waals surface area contributed by atoms with E-state index in [4.69, 9.17) is 16.7 Å². The number of hydrogen-bond donors (Lipinski definition) is 1. The molecule has 1 aliphatic rings. The predicted molar refractivity (Wildman–Crippen MR) is 77.1 cm³/mol. The third kappa shape index (κ3) is 3.04. The molecule has 2 N–H and O–H groups in total. The van der Waals surface area contributed by atoms with Gasteiger partial charge in [-0.15, -0.1) is 0 Å². The molecule has 0 aliphatic carbocycles. The number of sulfonamides is 1. The first kappa shape index (κ1) is 16.2. The van der Waals surface area contributed by atoms with Crippen LogP contribution in [0.3, 0.4) is 0 Å². The Morgan fingerprint density at radius 2 is 1.86 bits per heavy atom. The zero-order chi connectivity index (χ0) is 15.9. The SMILES string of the molecule is C[C@H]1CC[C@H](C)N1C(=O)c1cc(S(N)(=O)=O)cc(Cl)c1F. The minimum atomic E-state index is -4.07. The number of likely N-dealkylation sites (tertiary alicyclic amines) is 1. The van der Waals surface area contributed by atoms with Gasteiger partial charge in [0.15, 0.2) is 5.82 Å². The number of nitrogens with zero attached hydrogens (tertiary/aromatic N) is 1. The molecule has 1 saturated heterocycles. The Hall–Kier alpha value is -1.18. The molecule has 1 aromatic carbocycles. The van der Waals surface area contributed by atoms with E-state index in [-0.39, 0.29) is 22.5 Å².